The number of nitrogens with two attached hydrogens (primary N) is 1. The van der Waals surface area contributed by atoms with Crippen molar-refractivity contribution >= 4 is 17.4 Å². The van der Waals surface area contributed by atoms with Crippen LogP contribution >= 0.6 is 0 Å². The van der Waals surface area contributed by atoms with E-state index in [-0.39, 0.29) is 11.9 Å². The highest BCUT2D eigenvalue weighted by Gasteiger charge is 2.26. The minimum Gasteiger partial charge on any atom is -0.384 e. The number of anilines is 2. The molecule has 4 nitrogen and oxygen atoms in total. The number of hydrogen-bond acceptors (Lipinski definition) is 2. The monoisotopic (exact) mass is 283 g/mol. The third-order valence-corrected chi connectivity index (χ3v) is 4.10. The molecule has 0 radical (unpaired) electrons. The van der Waals surface area contributed by atoms with Crippen molar-refractivity contribution in [3.05, 3.63) is 47.7 Å². The highest BCUT2D eigenvalue weighted by Crippen LogP contribution is 2.29. The van der Waals surface area contributed by atoms with Crippen molar-refractivity contribution in [3.8, 4) is 0 Å². The molecule has 2 aromatic rings. The lowest BCUT2D eigenvalue weighted by atomic mass is 10.0. The number of amides is 1. The van der Waals surface area contributed by atoms with Crippen molar-refractivity contribution in [2.75, 3.05) is 17.2 Å². The van der Waals surface area contributed by atoms with E-state index in [1.807, 2.05) is 39.9 Å². The lowest BCUT2D eigenvalue weighted by Gasteiger charge is -2.29. The van der Waals surface area contributed by atoms with Gasteiger partial charge in [-0.25, -0.2) is 0 Å². The van der Waals surface area contributed by atoms with E-state index < -0.39 is 0 Å². The van der Waals surface area contributed by atoms with Crippen LogP contribution in [0.3, 0.4) is 0 Å². The van der Waals surface area contributed by atoms with Gasteiger partial charge >= 0.3 is 0 Å². The van der Waals surface area contributed by atoms with Gasteiger partial charge in [0.25, 0.3) is 5.91 Å². The summed E-state index contributed by atoms with van der Waals surface area (Å²) in [5, 5.41) is 0. The maximum atomic E-state index is 12.9. The van der Waals surface area contributed by atoms with Gasteiger partial charge in [-0.15, -0.1) is 0 Å². The summed E-state index contributed by atoms with van der Waals surface area (Å²) >= 11 is 0. The fraction of sp³-hybridized carbons (Fsp3) is 0.353. The molecule has 2 N–H and O–H groups in total. The van der Waals surface area contributed by atoms with E-state index in [0.717, 1.165) is 25.1 Å². The predicted molar refractivity (Wildman–Crippen MR) is 85.7 cm³/mol. The van der Waals surface area contributed by atoms with Crippen molar-refractivity contribution in [1.82, 2.24) is 4.57 Å². The first-order chi connectivity index (χ1) is 10.1. The highest BCUT2D eigenvalue weighted by molar-refractivity contribution is 6.09. The standard InChI is InChI=1S/C17H21N3O/c1-12(2)19-11-9-14(16(19)18)17(21)20-10-5-7-13-6-3-4-8-15(13)20/h3-4,6,8-9,11-12H,5,7,10,18H2,1-2H3. The van der Waals surface area contributed by atoms with Crippen molar-refractivity contribution in [2.45, 2.75) is 32.7 Å². The summed E-state index contributed by atoms with van der Waals surface area (Å²) in [5.74, 6) is 0.553. The van der Waals surface area contributed by atoms with Crippen LogP contribution in [-0.4, -0.2) is 17.0 Å². The maximum Gasteiger partial charge on any atom is 0.262 e. The Morgan fingerprint density at radius 2 is 2.00 bits per heavy atom. The van der Waals surface area contributed by atoms with Crippen LogP contribution in [0.15, 0.2) is 36.5 Å². The number of carbonyl (C=O) groups is 1. The minimum absolute atomic E-state index is 0.000880. The number of rotatable bonds is 2. The van der Waals surface area contributed by atoms with Crippen LogP contribution in [0.25, 0.3) is 0 Å². The third-order valence-electron chi connectivity index (χ3n) is 4.10. The Balaban J connectivity index is 1.97. The van der Waals surface area contributed by atoms with E-state index in [1.165, 1.54) is 5.56 Å². The lowest BCUT2D eigenvalue weighted by molar-refractivity contribution is 0.0986. The normalized spacial score (nSPS) is 14.3. The molecule has 1 aromatic heterocycles. The molecule has 0 spiro atoms. The molecular formula is C17H21N3O. The van der Waals surface area contributed by atoms with Crippen LogP contribution in [0, 0.1) is 0 Å². The Kier molecular flexibility index (Phi) is 3.45. The molecule has 110 valence electrons. The summed E-state index contributed by atoms with van der Waals surface area (Å²) in [6.45, 7) is 4.86. The SMILES string of the molecule is CC(C)n1ccc(C(=O)N2CCCc3ccccc32)c1N. The number of benzene rings is 1. The van der Waals surface area contributed by atoms with E-state index in [4.69, 9.17) is 5.73 Å². The zero-order valence-electron chi connectivity index (χ0n) is 12.5. The summed E-state index contributed by atoms with van der Waals surface area (Å²) in [7, 11) is 0. The van der Waals surface area contributed by atoms with Crippen LogP contribution in [0.2, 0.25) is 0 Å². The summed E-state index contributed by atoms with van der Waals surface area (Å²) in [5.41, 5.74) is 9.00. The van der Waals surface area contributed by atoms with E-state index in [0.29, 0.717) is 11.4 Å². The topological polar surface area (TPSA) is 51.3 Å². The van der Waals surface area contributed by atoms with Gasteiger partial charge in [0, 0.05) is 24.5 Å². The van der Waals surface area contributed by atoms with Crippen LogP contribution < -0.4 is 10.6 Å². The van der Waals surface area contributed by atoms with Gasteiger partial charge in [0.1, 0.15) is 5.82 Å². The fourth-order valence-corrected chi connectivity index (χ4v) is 2.98. The number of aryl methyl sites for hydroxylation is 1. The second-order valence-electron chi connectivity index (χ2n) is 5.80. The summed E-state index contributed by atoms with van der Waals surface area (Å²) < 4.78 is 1.93. The number of fused-ring (bicyclic) bond motifs is 1. The molecular weight excluding hydrogens is 262 g/mol. The molecule has 0 atom stereocenters. The average Bonchev–Trinajstić information content (AvgIpc) is 2.88. The molecule has 0 aliphatic carbocycles. The molecule has 1 aliphatic heterocycles. The Labute approximate surface area is 125 Å². The van der Waals surface area contributed by atoms with Gasteiger partial charge < -0.3 is 15.2 Å². The number of carbonyl (C=O) groups excluding carboxylic acids is 1. The van der Waals surface area contributed by atoms with Gasteiger partial charge in [-0.2, -0.15) is 0 Å². The molecule has 3 rings (SSSR count). The molecule has 1 aromatic carbocycles. The van der Waals surface area contributed by atoms with Crippen LogP contribution in [0.1, 0.15) is 42.2 Å². The second kappa shape index (κ2) is 5.28. The van der Waals surface area contributed by atoms with Crippen molar-refractivity contribution in [2.24, 2.45) is 0 Å². The first-order valence-corrected chi connectivity index (χ1v) is 7.45. The minimum atomic E-state index is -0.000880. The molecule has 1 amide bonds. The smallest absolute Gasteiger partial charge is 0.262 e. The molecule has 0 bridgehead atoms. The maximum absolute atomic E-state index is 12.9. The largest absolute Gasteiger partial charge is 0.384 e. The lowest BCUT2D eigenvalue weighted by Crippen LogP contribution is -2.35. The Bertz CT molecular complexity index is 672. The summed E-state index contributed by atoms with van der Waals surface area (Å²) in [6.07, 6.45) is 3.92. The van der Waals surface area contributed by atoms with Crippen molar-refractivity contribution < 1.29 is 4.79 Å². The molecule has 21 heavy (non-hydrogen) atoms. The molecule has 0 fully saturated rings. The van der Waals surface area contributed by atoms with Gasteiger partial charge in [0.2, 0.25) is 0 Å². The van der Waals surface area contributed by atoms with Gasteiger partial charge in [0.05, 0.1) is 5.56 Å². The molecule has 0 unspecified atom stereocenters. The quantitative estimate of drug-likeness (QED) is 0.919. The van der Waals surface area contributed by atoms with E-state index in [2.05, 4.69) is 19.9 Å². The Hall–Kier alpha value is -2.23. The summed E-state index contributed by atoms with van der Waals surface area (Å²) in [4.78, 5) is 14.7. The number of nitrogen functional groups attached to an aromatic ring is 1. The van der Waals surface area contributed by atoms with Gasteiger partial charge in [-0.05, 0) is 44.4 Å². The zero-order chi connectivity index (χ0) is 15.0. The van der Waals surface area contributed by atoms with Gasteiger partial charge in [0.15, 0.2) is 0 Å². The Morgan fingerprint density at radius 3 is 2.71 bits per heavy atom. The zero-order valence-corrected chi connectivity index (χ0v) is 12.5. The first-order valence-electron chi connectivity index (χ1n) is 7.45. The van der Waals surface area contributed by atoms with E-state index in [1.54, 1.807) is 0 Å². The van der Waals surface area contributed by atoms with E-state index >= 15 is 0 Å². The fourth-order valence-electron chi connectivity index (χ4n) is 2.98. The molecule has 0 saturated carbocycles. The molecule has 4 heteroatoms. The first kappa shape index (κ1) is 13.7. The van der Waals surface area contributed by atoms with Crippen molar-refractivity contribution in [3.63, 3.8) is 0 Å². The Morgan fingerprint density at radius 1 is 1.24 bits per heavy atom. The number of para-hydroxylation sites is 1. The van der Waals surface area contributed by atoms with Crippen LogP contribution in [-0.2, 0) is 6.42 Å². The molecule has 2 heterocycles. The predicted octanol–water partition coefficient (Wildman–Crippen LogP) is 3.24. The third kappa shape index (κ3) is 2.31. The van der Waals surface area contributed by atoms with Gasteiger partial charge in [-0.1, -0.05) is 18.2 Å². The number of aromatic nitrogens is 1. The van der Waals surface area contributed by atoms with Crippen LogP contribution in [0.5, 0.6) is 0 Å². The van der Waals surface area contributed by atoms with Crippen molar-refractivity contribution in [1.29, 1.82) is 0 Å². The van der Waals surface area contributed by atoms with E-state index in [9.17, 15) is 4.79 Å². The average molecular weight is 283 g/mol. The van der Waals surface area contributed by atoms with Crippen LogP contribution in [0.4, 0.5) is 11.5 Å². The molecule has 1 aliphatic rings. The summed E-state index contributed by atoms with van der Waals surface area (Å²) in [6, 6.07) is 10.2. The number of hydrogen-bond donors (Lipinski definition) is 1. The number of nitrogens with zero attached hydrogens (tertiary/aromatic N) is 2. The second-order valence-corrected chi connectivity index (χ2v) is 5.80. The highest BCUT2D eigenvalue weighted by atomic mass is 16.2. The molecule has 0 saturated heterocycles. The van der Waals surface area contributed by atoms with Gasteiger partial charge in [-0.3, -0.25) is 4.79 Å².